The van der Waals surface area contributed by atoms with E-state index in [9.17, 15) is 14.4 Å². The molecule has 1 aromatic carbocycles. The SMILES string of the molecule is CCCCCCN(C(=O)C(NC(=O)OC(C)(C)C)C(C)CC)C(C(=O)NC(C)C)c1ccc(C)c(C)c1. The molecule has 0 aromatic heterocycles. The van der Waals surface area contributed by atoms with Crippen molar-refractivity contribution in [2.24, 2.45) is 5.92 Å². The van der Waals surface area contributed by atoms with Crippen molar-refractivity contribution in [3.05, 3.63) is 34.9 Å². The molecular formula is C30H51N3O4. The minimum absolute atomic E-state index is 0.0798. The molecule has 0 saturated heterocycles. The Morgan fingerprint density at radius 2 is 1.59 bits per heavy atom. The summed E-state index contributed by atoms with van der Waals surface area (Å²) in [5, 5.41) is 5.85. The van der Waals surface area contributed by atoms with Crippen LogP contribution in [0.2, 0.25) is 0 Å². The fourth-order valence-electron chi connectivity index (χ4n) is 4.14. The molecule has 0 spiro atoms. The third kappa shape index (κ3) is 10.7. The lowest BCUT2D eigenvalue weighted by Crippen LogP contribution is -2.55. The molecule has 3 amide bonds. The van der Waals surface area contributed by atoms with Crippen LogP contribution in [-0.2, 0) is 14.3 Å². The lowest BCUT2D eigenvalue weighted by atomic mass is 9.94. The van der Waals surface area contributed by atoms with E-state index in [2.05, 4.69) is 17.6 Å². The maximum atomic E-state index is 14.2. The molecular weight excluding hydrogens is 466 g/mol. The molecule has 0 aliphatic heterocycles. The van der Waals surface area contributed by atoms with E-state index in [1.165, 1.54) is 0 Å². The monoisotopic (exact) mass is 517 g/mol. The van der Waals surface area contributed by atoms with Gasteiger partial charge in [-0.2, -0.15) is 0 Å². The predicted octanol–water partition coefficient (Wildman–Crippen LogP) is 6.22. The molecule has 0 heterocycles. The highest BCUT2D eigenvalue weighted by Gasteiger charge is 2.38. The fourth-order valence-corrected chi connectivity index (χ4v) is 4.14. The molecule has 37 heavy (non-hydrogen) atoms. The van der Waals surface area contributed by atoms with Gasteiger partial charge in [0.15, 0.2) is 0 Å². The van der Waals surface area contributed by atoms with Gasteiger partial charge in [0.1, 0.15) is 17.7 Å². The minimum Gasteiger partial charge on any atom is -0.444 e. The number of aryl methyl sites for hydroxylation is 2. The van der Waals surface area contributed by atoms with E-state index in [4.69, 9.17) is 4.74 Å². The number of unbranched alkanes of at least 4 members (excludes halogenated alkanes) is 3. The maximum absolute atomic E-state index is 14.2. The van der Waals surface area contributed by atoms with Crippen molar-refractivity contribution in [1.29, 1.82) is 0 Å². The van der Waals surface area contributed by atoms with E-state index in [0.29, 0.717) is 13.0 Å². The van der Waals surface area contributed by atoms with Gasteiger partial charge < -0.3 is 20.3 Å². The third-order valence-electron chi connectivity index (χ3n) is 6.52. The van der Waals surface area contributed by atoms with Crippen molar-refractivity contribution >= 4 is 17.9 Å². The Morgan fingerprint density at radius 3 is 2.11 bits per heavy atom. The van der Waals surface area contributed by atoms with Crippen molar-refractivity contribution < 1.29 is 19.1 Å². The Kier molecular flexibility index (Phi) is 13.2. The molecule has 7 nitrogen and oxygen atoms in total. The Hall–Kier alpha value is -2.57. The Labute approximate surface area is 225 Å². The first-order valence-corrected chi connectivity index (χ1v) is 13.9. The number of benzene rings is 1. The van der Waals surface area contributed by atoms with E-state index in [-0.39, 0.29) is 23.8 Å². The van der Waals surface area contributed by atoms with E-state index in [0.717, 1.165) is 42.4 Å². The van der Waals surface area contributed by atoms with Gasteiger partial charge in [0, 0.05) is 12.6 Å². The summed E-state index contributed by atoms with van der Waals surface area (Å²) in [6.07, 6.45) is 3.90. The van der Waals surface area contributed by atoms with Gasteiger partial charge in [-0.3, -0.25) is 9.59 Å². The van der Waals surface area contributed by atoms with E-state index >= 15 is 0 Å². The van der Waals surface area contributed by atoms with Crippen molar-refractivity contribution in [3.63, 3.8) is 0 Å². The average Bonchev–Trinajstić information content (AvgIpc) is 2.79. The van der Waals surface area contributed by atoms with Gasteiger partial charge in [-0.05, 0) is 77.5 Å². The van der Waals surface area contributed by atoms with Gasteiger partial charge in [0.05, 0.1) is 0 Å². The highest BCUT2D eigenvalue weighted by molar-refractivity contribution is 5.92. The van der Waals surface area contributed by atoms with Gasteiger partial charge in [-0.1, -0.05) is 64.7 Å². The molecule has 0 aliphatic carbocycles. The minimum atomic E-state index is -0.813. The number of nitrogens with zero attached hydrogens (tertiary/aromatic N) is 1. The first-order chi connectivity index (χ1) is 17.2. The second-order valence-electron chi connectivity index (χ2n) is 11.5. The van der Waals surface area contributed by atoms with Crippen LogP contribution < -0.4 is 10.6 Å². The number of alkyl carbamates (subject to hydrolysis) is 1. The van der Waals surface area contributed by atoms with Crippen molar-refractivity contribution in [3.8, 4) is 0 Å². The molecule has 210 valence electrons. The highest BCUT2D eigenvalue weighted by atomic mass is 16.6. The molecule has 3 unspecified atom stereocenters. The van der Waals surface area contributed by atoms with Crippen LogP contribution in [0.4, 0.5) is 4.79 Å². The van der Waals surface area contributed by atoms with Crippen LogP contribution in [0.3, 0.4) is 0 Å². The molecule has 0 radical (unpaired) electrons. The van der Waals surface area contributed by atoms with Gasteiger partial charge in [0.25, 0.3) is 0 Å². The number of ether oxygens (including phenoxy) is 1. The van der Waals surface area contributed by atoms with E-state index in [1.807, 2.05) is 59.7 Å². The lowest BCUT2D eigenvalue weighted by molar-refractivity contribution is -0.143. The first kappa shape index (κ1) is 32.5. The van der Waals surface area contributed by atoms with Crippen LogP contribution in [0.15, 0.2) is 18.2 Å². The van der Waals surface area contributed by atoms with Crippen LogP contribution in [0.5, 0.6) is 0 Å². The largest absolute Gasteiger partial charge is 0.444 e. The second kappa shape index (κ2) is 15.0. The molecule has 3 atom stereocenters. The summed E-state index contributed by atoms with van der Waals surface area (Å²) < 4.78 is 5.48. The molecule has 0 fully saturated rings. The Morgan fingerprint density at radius 1 is 0.946 bits per heavy atom. The first-order valence-electron chi connectivity index (χ1n) is 13.9. The number of carbonyl (C=O) groups excluding carboxylic acids is 3. The molecule has 2 N–H and O–H groups in total. The zero-order valence-corrected chi connectivity index (χ0v) is 24.9. The van der Waals surface area contributed by atoms with Gasteiger partial charge >= 0.3 is 6.09 Å². The molecule has 1 aromatic rings. The molecule has 1 rings (SSSR count). The Balaban J connectivity index is 3.55. The predicted molar refractivity (Wildman–Crippen MR) is 150 cm³/mol. The fraction of sp³-hybridized carbons (Fsp3) is 0.700. The molecule has 7 heteroatoms. The standard InChI is InChI=1S/C30H51N3O4/c1-11-13-14-15-18-33(28(35)25(21(5)12-2)32-29(36)37-30(8,9)10)26(27(34)31-20(3)4)24-17-16-22(6)23(7)19-24/h16-17,19-21,25-26H,11-15,18H2,1-10H3,(H,31,34)(H,32,36). The quantitative estimate of drug-likeness (QED) is 0.304. The number of rotatable bonds is 13. The van der Waals surface area contributed by atoms with Crippen LogP contribution in [0.25, 0.3) is 0 Å². The zero-order chi connectivity index (χ0) is 28.3. The van der Waals surface area contributed by atoms with Crippen molar-refractivity contribution in [1.82, 2.24) is 15.5 Å². The molecule has 0 aliphatic rings. The molecule has 0 bridgehead atoms. The van der Waals surface area contributed by atoms with Crippen LogP contribution in [-0.4, -0.2) is 47.0 Å². The average molecular weight is 518 g/mol. The van der Waals surface area contributed by atoms with Crippen LogP contribution in [0.1, 0.15) is 110 Å². The highest BCUT2D eigenvalue weighted by Crippen LogP contribution is 2.27. The number of hydrogen-bond acceptors (Lipinski definition) is 4. The van der Waals surface area contributed by atoms with Crippen molar-refractivity contribution in [2.75, 3.05) is 6.54 Å². The van der Waals surface area contributed by atoms with E-state index in [1.54, 1.807) is 25.7 Å². The number of nitrogens with one attached hydrogen (secondary N) is 2. The summed E-state index contributed by atoms with van der Waals surface area (Å²) in [5.41, 5.74) is 2.26. The Bertz CT molecular complexity index is 891. The van der Waals surface area contributed by atoms with E-state index < -0.39 is 23.8 Å². The maximum Gasteiger partial charge on any atom is 0.408 e. The van der Waals surface area contributed by atoms with Gasteiger partial charge in [-0.15, -0.1) is 0 Å². The topological polar surface area (TPSA) is 87.7 Å². The summed E-state index contributed by atoms with van der Waals surface area (Å²) in [6.45, 7) is 19.7. The van der Waals surface area contributed by atoms with Crippen LogP contribution >= 0.6 is 0 Å². The number of amides is 3. The third-order valence-corrected chi connectivity index (χ3v) is 6.52. The van der Waals surface area contributed by atoms with Gasteiger partial charge in [0.2, 0.25) is 11.8 Å². The van der Waals surface area contributed by atoms with Crippen molar-refractivity contribution in [2.45, 2.75) is 125 Å². The number of hydrogen-bond donors (Lipinski definition) is 2. The summed E-state index contributed by atoms with van der Waals surface area (Å²) in [6, 6.07) is 4.22. The summed E-state index contributed by atoms with van der Waals surface area (Å²) in [4.78, 5) is 42.3. The second-order valence-corrected chi connectivity index (χ2v) is 11.5. The normalized spacial score (nSPS) is 14.0. The lowest BCUT2D eigenvalue weighted by Gasteiger charge is -2.36. The summed E-state index contributed by atoms with van der Waals surface area (Å²) in [7, 11) is 0. The summed E-state index contributed by atoms with van der Waals surface area (Å²) in [5.74, 6) is -0.632. The zero-order valence-electron chi connectivity index (χ0n) is 24.9. The van der Waals surface area contributed by atoms with Gasteiger partial charge in [-0.25, -0.2) is 4.79 Å². The number of carbonyl (C=O) groups is 3. The van der Waals surface area contributed by atoms with Crippen LogP contribution in [0, 0.1) is 19.8 Å². The summed E-state index contributed by atoms with van der Waals surface area (Å²) >= 11 is 0. The molecule has 0 saturated carbocycles. The smallest absolute Gasteiger partial charge is 0.408 e.